The van der Waals surface area contributed by atoms with Crippen LogP contribution >= 0.6 is 0 Å². The van der Waals surface area contributed by atoms with Crippen molar-refractivity contribution in [3.8, 4) is 0 Å². The van der Waals surface area contributed by atoms with Crippen LogP contribution in [0.25, 0.3) is 0 Å². The van der Waals surface area contributed by atoms with Crippen LogP contribution in [0.15, 0.2) is 0 Å². The van der Waals surface area contributed by atoms with E-state index >= 15 is 0 Å². The molecule has 2 N–H and O–H groups in total. The van der Waals surface area contributed by atoms with Crippen molar-refractivity contribution < 1.29 is 38.9 Å². The Kier molecular flexibility index (Phi) is 7.23. The molecular formula is C15H26N2O8. The molecule has 0 aromatic carbocycles. The van der Waals surface area contributed by atoms with Crippen LogP contribution < -0.4 is 0 Å². The zero-order chi connectivity index (χ0) is 20.2. The molecule has 0 saturated carbocycles. The van der Waals surface area contributed by atoms with Gasteiger partial charge in [-0.25, -0.2) is 19.4 Å². The third-order valence-corrected chi connectivity index (χ3v) is 2.45. The number of hydrogen-bond acceptors (Lipinski definition) is 6. The smallest absolute Gasteiger partial charge is 0.430 e. The number of hydrogen-bond donors (Lipinski definition) is 2. The van der Waals surface area contributed by atoms with E-state index in [-0.39, 0.29) is 0 Å². The van der Waals surface area contributed by atoms with E-state index in [1.165, 1.54) is 0 Å². The molecule has 0 radical (unpaired) electrons. The molecule has 0 aromatic rings. The zero-order valence-corrected chi connectivity index (χ0v) is 15.5. The van der Waals surface area contributed by atoms with Gasteiger partial charge < -0.3 is 19.7 Å². The molecule has 0 saturated heterocycles. The number of amides is 2. The van der Waals surface area contributed by atoms with Gasteiger partial charge in [0, 0.05) is 0 Å². The van der Waals surface area contributed by atoms with Gasteiger partial charge in [-0.1, -0.05) is 0 Å². The van der Waals surface area contributed by atoms with E-state index in [2.05, 4.69) is 0 Å². The van der Waals surface area contributed by atoms with Crippen molar-refractivity contribution in [3.63, 3.8) is 0 Å². The predicted molar refractivity (Wildman–Crippen MR) is 85.7 cm³/mol. The molecular weight excluding hydrogens is 336 g/mol. The molecule has 0 bridgehead atoms. The number of carbonyl (C=O) groups excluding carboxylic acids is 2. The lowest BCUT2D eigenvalue weighted by Gasteiger charge is -2.37. The highest BCUT2D eigenvalue weighted by molar-refractivity contribution is 5.84. The molecule has 144 valence electrons. The van der Waals surface area contributed by atoms with Crippen LogP contribution in [0.3, 0.4) is 0 Å². The molecule has 10 heteroatoms. The Morgan fingerprint density at radius 1 is 0.880 bits per heavy atom. The van der Waals surface area contributed by atoms with E-state index in [9.17, 15) is 24.3 Å². The molecule has 25 heavy (non-hydrogen) atoms. The lowest BCUT2D eigenvalue weighted by Crippen LogP contribution is -2.59. The molecule has 0 aliphatic rings. The highest BCUT2D eigenvalue weighted by atomic mass is 16.6. The molecule has 0 aliphatic carbocycles. The van der Waals surface area contributed by atoms with Crippen LogP contribution in [0.1, 0.15) is 48.5 Å². The molecule has 2 amide bonds. The van der Waals surface area contributed by atoms with Crippen molar-refractivity contribution in [2.75, 3.05) is 6.54 Å². The third-order valence-electron chi connectivity index (χ3n) is 2.45. The van der Waals surface area contributed by atoms with E-state index in [4.69, 9.17) is 14.6 Å². The van der Waals surface area contributed by atoms with E-state index in [0.717, 1.165) is 6.92 Å². The maximum absolute atomic E-state index is 12.4. The van der Waals surface area contributed by atoms with Crippen molar-refractivity contribution in [2.24, 2.45) is 0 Å². The van der Waals surface area contributed by atoms with Crippen LogP contribution in [-0.4, -0.2) is 68.1 Å². The highest BCUT2D eigenvalue weighted by Crippen LogP contribution is 2.18. The summed E-state index contributed by atoms with van der Waals surface area (Å²) in [6.45, 7) is 9.40. The van der Waals surface area contributed by atoms with Gasteiger partial charge >= 0.3 is 24.1 Å². The SMILES string of the molecule is C[C@H](C(=O)O)N(C(=O)OC(C)(C)C)N(CC(=O)O)C(=O)OC(C)(C)C. The Morgan fingerprint density at radius 3 is 1.60 bits per heavy atom. The minimum Gasteiger partial charge on any atom is -0.480 e. The van der Waals surface area contributed by atoms with E-state index in [1.54, 1.807) is 41.5 Å². The van der Waals surface area contributed by atoms with E-state index in [0.29, 0.717) is 10.0 Å². The number of nitrogens with zero attached hydrogens (tertiary/aromatic N) is 2. The summed E-state index contributed by atoms with van der Waals surface area (Å²) in [5.74, 6) is -2.91. The zero-order valence-electron chi connectivity index (χ0n) is 15.5. The van der Waals surface area contributed by atoms with Crippen LogP contribution in [0.5, 0.6) is 0 Å². The van der Waals surface area contributed by atoms with Gasteiger partial charge in [0.1, 0.15) is 17.7 Å². The first-order chi connectivity index (χ1) is 11.0. The summed E-state index contributed by atoms with van der Waals surface area (Å²) >= 11 is 0. The number of ether oxygens (including phenoxy) is 2. The summed E-state index contributed by atoms with van der Waals surface area (Å²) in [5.41, 5.74) is -1.98. The standard InChI is InChI=1S/C15H26N2O8/c1-9(11(20)21)17(13(23)25-15(5,6)7)16(8-10(18)19)12(22)24-14(2,3)4/h9H,8H2,1-7H3,(H,18,19)(H,20,21)/t9-/m1/s1. The summed E-state index contributed by atoms with van der Waals surface area (Å²) in [6.07, 6.45) is -2.37. The lowest BCUT2D eigenvalue weighted by molar-refractivity contribution is -0.155. The Labute approximate surface area is 146 Å². The number of rotatable bonds is 4. The summed E-state index contributed by atoms with van der Waals surface area (Å²) < 4.78 is 10.2. The Hall–Kier alpha value is -2.52. The van der Waals surface area contributed by atoms with Gasteiger partial charge in [0.05, 0.1) is 0 Å². The fraction of sp³-hybridized carbons (Fsp3) is 0.733. The Balaban J connectivity index is 5.89. The molecule has 1 atom stereocenters. The van der Waals surface area contributed by atoms with Crippen molar-refractivity contribution in [1.29, 1.82) is 0 Å². The maximum Gasteiger partial charge on any atom is 0.430 e. The fourth-order valence-electron chi connectivity index (χ4n) is 1.55. The minimum absolute atomic E-state index is 0.403. The average Bonchev–Trinajstić information content (AvgIpc) is 2.32. The van der Waals surface area contributed by atoms with Crippen molar-refractivity contribution in [3.05, 3.63) is 0 Å². The largest absolute Gasteiger partial charge is 0.480 e. The highest BCUT2D eigenvalue weighted by Gasteiger charge is 2.39. The van der Waals surface area contributed by atoms with Crippen LogP contribution in [0.2, 0.25) is 0 Å². The van der Waals surface area contributed by atoms with E-state index in [1.807, 2.05) is 0 Å². The maximum atomic E-state index is 12.4. The third kappa shape index (κ3) is 8.23. The van der Waals surface area contributed by atoms with Gasteiger partial charge in [0.25, 0.3) is 0 Å². The fourth-order valence-corrected chi connectivity index (χ4v) is 1.55. The van der Waals surface area contributed by atoms with Crippen molar-refractivity contribution in [1.82, 2.24) is 10.0 Å². The molecule has 0 fully saturated rings. The molecule has 10 nitrogen and oxygen atoms in total. The van der Waals surface area contributed by atoms with Gasteiger partial charge in [-0.3, -0.25) is 4.79 Å². The number of carbonyl (C=O) groups is 4. The second kappa shape index (κ2) is 8.04. The first kappa shape index (κ1) is 22.5. The van der Waals surface area contributed by atoms with Gasteiger partial charge in [-0.2, -0.15) is 5.01 Å². The van der Waals surface area contributed by atoms with Crippen LogP contribution in [-0.2, 0) is 19.1 Å². The molecule has 0 rings (SSSR count). The Morgan fingerprint density at radius 2 is 1.28 bits per heavy atom. The number of hydrazine groups is 1. The number of carboxylic acid groups (broad SMARTS) is 2. The van der Waals surface area contributed by atoms with Gasteiger partial charge in [0.2, 0.25) is 0 Å². The normalized spacial score (nSPS) is 12.8. The lowest BCUT2D eigenvalue weighted by atomic mass is 10.2. The predicted octanol–water partition coefficient (Wildman–Crippen LogP) is 1.93. The van der Waals surface area contributed by atoms with E-state index < -0.39 is 47.9 Å². The molecule has 0 spiro atoms. The summed E-state index contributed by atoms with van der Waals surface area (Å²) in [6, 6.07) is -1.57. The summed E-state index contributed by atoms with van der Waals surface area (Å²) in [4.78, 5) is 47.2. The van der Waals surface area contributed by atoms with Gasteiger partial charge in [0.15, 0.2) is 6.04 Å². The average molecular weight is 362 g/mol. The summed E-state index contributed by atoms with van der Waals surface area (Å²) in [5, 5.41) is 19.1. The van der Waals surface area contributed by atoms with Crippen molar-refractivity contribution in [2.45, 2.75) is 65.7 Å². The number of carboxylic acids is 2. The van der Waals surface area contributed by atoms with Crippen LogP contribution in [0, 0.1) is 0 Å². The topological polar surface area (TPSA) is 134 Å². The van der Waals surface area contributed by atoms with Gasteiger partial charge in [-0.05, 0) is 48.5 Å². The minimum atomic E-state index is -1.57. The first-order valence-electron chi connectivity index (χ1n) is 7.52. The quantitative estimate of drug-likeness (QED) is 0.725. The van der Waals surface area contributed by atoms with Gasteiger partial charge in [-0.15, -0.1) is 0 Å². The molecule has 0 unspecified atom stereocenters. The molecule has 0 aliphatic heterocycles. The molecule has 0 aromatic heterocycles. The number of aliphatic carboxylic acids is 2. The second-order valence-electron chi connectivity index (χ2n) is 7.27. The first-order valence-corrected chi connectivity index (χ1v) is 7.52. The molecule has 0 heterocycles. The summed E-state index contributed by atoms with van der Waals surface area (Å²) in [7, 11) is 0. The monoisotopic (exact) mass is 362 g/mol. The van der Waals surface area contributed by atoms with Crippen LogP contribution in [0.4, 0.5) is 9.59 Å². The van der Waals surface area contributed by atoms with Crippen molar-refractivity contribution >= 4 is 24.1 Å². The second-order valence-corrected chi connectivity index (χ2v) is 7.27. The Bertz CT molecular complexity index is 533.